The van der Waals surface area contributed by atoms with Crippen molar-refractivity contribution in [3.8, 4) is 17.3 Å². The topological polar surface area (TPSA) is 66.2 Å². The minimum Gasteiger partial charge on any atom is -0.489 e. The molecule has 2 aromatic heterocycles. The van der Waals surface area contributed by atoms with Crippen molar-refractivity contribution in [2.24, 2.45) is 0 Å². The van der Waals surface area contributed by atoms with Crippen LogP contribution in [0, 0.1) is 6.92 Å². The van der Waals surface area contributed by atoms with Crippen LogP contribution in [0.25, 0.3) is 5.82 Å². The third kappa shape index (κ3) is 6.12. The normalized spacial score (nSPS) is 11.6. The van der Waals surface area contributed by atoms with Crippen molar-refractivity contribution < 1.29 is 27.4 Å². The van der Waals surface area contributed by atoms with Gasteiger partial charge in [0.05, 0.1) is 17.9 Å². The third-order valence-electron chi connectivity index (χ3n) is 4.95. The van der Waals surface area contributed by atoms with Gasteiger partial charge in [-0.1, -0.05) is 26.0 Å². The molecular formula is C24H26F3N3O3. The molecule has 0 radical (unpaired) electrons. The summed E-state index contributed by atoms with van der Waals surface area (Å²) in [6.45, 7) is 7.61. The van der Waals surface area contributed by atoms with Gasteiger partial charge in [0.1, 0.15) is 0 Å². The van der Waals surface area contributed by atoms with Crippen molar-refractivity contribution in [1.82, 2.24) is 14.8 Å². The van der Waals surface area contributed by atoms with E-state index in [-0.39, 0.29) is 5.92 Å². The molecule has 0 saturated heterocycles. The third-order valence-corrected chi connectivity index (χ3v) is 4.95. The lowest BCUT2D eigenvalue weighted by Gasteiger charge is -2.13. The van der Waals surface area contributed by atoms with E-state index in [1.165, 1.54) is 17.7 Å². The maximum atomic E-state index is 12.8. The number of esters is 1. The second kappa shape index (κ2) is 10.1. The van der Waals surface area contributed by atoms with Crippen LogP contribution in [0.4, 0.5) is 13.2 Å². The van der Waals surface area contributed by atoms with Gasteiger partial charge < -0.3 is 9.47 Å². The number of aryl methyl sites for hydroxylation is 2. The van der Waals surface area contributed by atoms with Crippen LogP contribution < -0.4 is 9.47 Å². The summed E-state index contributed by atoms with van der Waals surface area (Å²) in [5.74, 6) is 0.936. The molecule has 2 heterocycles. The summed E-state index contributed by atoms with van der Waals surface area (Å²) in [7, 11) is 0. The fourth-order valence-corrected chi connectivity index (χ4v) is 3.39. The van der Waals surface area contributed by atoms with E-state index in [0.29, 0.717) is 36.8 Å². The predicted octanol–water partition coefficient (Wildman–Crippen LogP) is 5.65. The molecular weight excluding hydrogens is 435 g/mol. The van der Waals surface area contributed by atoms with E-state index < -0.39 is 17.7 Å². The van der Waals surface area contributed by atoms with Gasteiger partial charge in [-0.3, -0.25) is 4.79 Å². The highest BCUT2D eigenvalue weighted by Crippen LogP contribution is 2.31. The largest absolute Gasteiger partial charge is 0.489 e. The van der Waals surface area contributed by atoms with Crippen LogP contribution >= 0.6 is 0 Å². The first-order valence-electron chi connectivity index (χ1n) is 10.6. The monoisotopic (exact) mass is 461 g/mol. The van der Waals surface area contributed by atoms with E-state index >= 15 is 0 Å². The summed E-state index contributed by atoms with van der Waals surface area (Å²) in [4.78, 5) is 15.3. The summed E-state index contributed by atoms with van der Waals surface area (Å²) in [6, 6.07) is 7.65. The van der Waals surface area contributed by atoms with Crippen molar-refractivity contribution in [2.75, 3.05) is 6.61 Å². The first-order valence-corrected chi connectivity index (χ1v) is 10.6. The number of rotatable bonds is 8. The second-order valence-electron chi connectivity index (χ2n) is 7.99. The molecule has 0 bridgehead atoms. The summed E-state index contributed by atoms with van der Waals surface area (Å²) in [6.07, 6.45) is -0.510. The number of nitrogens with zero attached hydrogens (tertiary/aromatic N) is 3. The molecule has 176 valence electrons. The molecule has 0 aliphatic carbocycles. The van der Waals surface area contributed by atoms with E-state index in [9.17, 15) is 18.0 Å². The highest BCUT2D eigenvalue weighted by atomic mass is 19.4. The lowest BCUT2D eigenvalue weighted by Crippen LogP contribution is -2.07. The van der Waals surface area contributed by atoms with Gasteiger partial charge in [-0.15, -0.1) is 0 Å². The number of hydrogen-bond acceptors (Lipinski definition) is 5. The smallest absolute Gasteiger partial charge is 0.417 e. The fourth-order valence-electron chi connectivity index (χ4n) is 3.39. The molecule has 0 N–H and O–H groups in total. The van der Waals surface area contributed by atoms with Crippen LogP contribution in [-0.4, -0.2) is 27.3 Å². The van der Waals surface area contributed by atoms with Gasteiger partial charge in [-0.2, -0.15) is 18.3 Å². The maximum absolute atomic E-state index is 12.8. The molecule has 6 nitrogen and oxygen atoms in total. The van der Waals surface area contributed by atoms with Crippen LogP contribution in [0.2, 0.25) is 0 Å². The maximum Gasteiger partial charge on any atom is 0.417 e. The van der Waals surface area contributed by atoms with Crippen LogP contribution in [0.5, 0.6) is 11.5 Å². The Balaban J connectivity index is 1.70. The average molecular weight is 461 g/mol. The number of carbonyl (C=O) groups is 1. The first kappa shape index (κ1) is 24.3. The van der Waals surface area contributed by atoms with Gasteiger partial charge in [-0.25, -0.2) is 9.67 Å². The number of alkyl halides is 3. The Kier molecular flexibility index (Phi) is 7.40. The average Bonchev–Trinajstić information content (AvgIpc) is 3.16. The molecule has 0 saturated carbocycles. The Hall–Kier alpha value is -3.36. The number of benzene rings is 1. The molecule has 0 spiro atoms. The molecule has 0 aliphatic rings. The van der Waals surface area contributed by atoms with E-state index in [2.05, 4.69) is 10.1 Å². The number of carbonyl (C=O) groups excluding carboxylic acids is 1. The second-order valence-corrected chi connectivity index (χ2v) is 7.99. The number of halogens is 3. The Morgan fingerprint density at radius 3 is 2.55 bits per heavy atom. The van der Waals surface area contributed by atoms with Crippen molar-refractivity contribution in [3.05, 3.63) is 65.1 Å². The van der Waals surface area contributed by atoms with E-state index in [0.717, 1.165) is 29.1 Å². The molecule has 9 heteroatoms. The Bertz CT molecular complexity index is 1110. The minimum absolute atomic E-state index is 0.128. The van der Waals surface area contributed by atoms with Crippen molar-refractivity contribution in [3.63, 3.8) is 0 Å². The number of pyridine rings is 1. The standard InChI is InChI=1S/C24H26F3N3O3/c1-15(2)22-18(14-30(29-22)21-11-10-19(13-28-21)24(25,26)27)8-6-12-32-23-16(3)7-5-9-20(23)33-17(4)31/h5,7,9-11,13-15H,6,8,12H2,1-4H3. The Morgan fingerprint density at radius 1 is 1.18 bits per heavy atom. The molecule has 0 fully saturated rings. The van der Waals surface area contributed by atoms with Crippen molar-refractivity contribution in [2.45, 2.75) is 52.6 Å². The van der Waals surface area contributed by atoms with Crippen LogP contribution in [0.3, 0.4) is 0 Å². The van der Waals surface area contributed by atoms with Crippen LogP contribution in [0.15, 0.2) is 42.7 Å². The van der Waals surface area contributed by atoms with Gasteiger partial charge in [0.15, 0.2) is 17.3 Å². The van der Waals surface area contributed by atoms with E-state index in [1.54, 1.807) is 18.3 Å². The lowest BCUT2D eigenvalue weighted by atomic mass is 10.0. The molecule has 3 aromatic rings. The van der Waals surface area contributed by atoms with E-state index in [4.69, 9.17) is 9.47 Å². The fraction of sp³-hybridized carbons (Fsp3) is 0.375. The quantitative estimate of drug-likeness (QED) is 0.246. The molecule has 0 atom stereocenters. The van der Waals surface area contributed by atoms with Crippen molar-refractivity contribution >= 4 is 5.97 Å². The minimum atomic E-state index is -4.43. The number of para-hydroxylation sites is 1. The Labute approximate surface area is 190 Å². The molecule has 0 unspecified atom stereocenters. The summed E-state index contributed by atoms with van der Waals surface area (Å²) < 4.78 is 51.0. The zero-order chi connectivity index (χ0) is 24.2. The number of aromatic nitrogens is 3. The zero-order valence-corrected chi connectivity index (χ0v) is 18.9. The molecule has 1 aromatic carbocycles. The van der Waals surface area contributed by atoms with Gasteiger partial charge in [0, 0.05) is 19.3 Å². The SMILES string of the molecule is CC(=O)Oc1cccc(C)c1OCCCc1cn(-c2ccc(C(F)(F)F)cn2)nc1C(C)C. The van der Waals surface area contributed by atoms with Gasteiger partial charge >= 0.3 is 12.1 Å². The highest BCUT2D eigenvalue weighted by molar-refractivity contribution is 5.70. The molecule has 3 rings (SSSR count). The molecule has 33 heavy (non-hydrogen) atoms. The molecule has 0 amide bonds. The van der Waals surface area contributed by atoms with E-state index in [1.807, 2.05) is 26.8 Å². The number of ether oxygens (including phenoxy) is 2. The summed E-state index contributed by atoms with van der Waals surface area (Å²) in [5, 5.41) is 4.54. The number of hydrogen-bond donors (Lipinski definition) is 0. The van der Waals surface area contributed by atoms with Crippen molar-refractivity contribution in [1.29, 1.82) is 0 Å². The lowest BCUT2D eigenvalue weighted by molar-refractivity contribution is -0.138. The Morgan fingerprint density at radius 2 is 1.94 bits per heavy atom. The van der Waals surface area contributed by atoms with Gasteiger partial charge in [0.2, 0.25) is 0 Å². The predicted molar refractivity (Wildman–Crippen MR) is 117 cm³/mol. The summed E-state index contributed by atoms with van der Waals surface area (Å²) >= 11 is 0. The molecule has 0 aliphatic heterocycles. The van der Waals surface area contributed by atoms with Gasteiger partial charge in [-0.05, 0) is 55.0 Å². The summed E-state index contributed by atoms with van der Waals surface area (Å²) in [5.41, 5.74) is 1.88. The highest BCUT2D eigenvalue weighted by Gasteiger charge is 2.30. The van der Waals surface area contributed by atoms with Crippen LogP contribution in [-0.2, 0) is 17.4 Å². The first-order chi connectivity index (χ1) is 15.6. The van der Waals surface area contributed by atoms with Gasteiger partial charge in [0.25, 0.3) is 0 Å². The zero-order valence-electron chi connectivity index (χ0n) is 18.9. The van der Waals surface area contributed by atoms with Crippen LogP contribution in [0.1, 0.15) is 55.5 Å².